The zero-order chi connectivity index (χ0) is 13.2. The molecule has 0 spiro atoms. The summed E-state index contributed by atoms with van der Waals surface area (Å²) in [5, 5.41) is 0. The monoisotopic (exact) mass is 269 g/mol. The topological polar surface area (TPSA) is 55.3 Å². The molecule has 2 heterocycles. The van der Waals surface area contributed by atoms with Crippen molar-refractivity contribution >= 4 is 16.6 Å². The Labute approximate surface area is 110 Å². The minimum absolute atomic E-state index is 0.199. The molecule has 6 heteroatoms. The first-order valence-electron chi connectivity index (χ1n) is 6.11. The number of nitrogens with zero attached hydrogens (tertiary/aromatic N) is 3. The summed E-state index contributed by atoms with van der Waals surface area (Å²) in [6.45, 7) is 8.07. The van der Waals surface area contributed by atoms with Crippen LogP contribution in [0.5, 0.6) is 5.88 Å². The van der Waals surface area contributed by atoms with E-state index in [1.54, 1.807) is 0 Å². The van der Waals surface area contributed by atoms with Crippen molar-refractivity contribution in [2.75, 3.05) is 30.3 Å². The number of aromatic nitrogens is 2. The smallest absolute Gasteiger partial charge is 0.218 e. The molecule has 18 heavy (non-hydrogen) atoms. The van der Waals surface area contributed by atoms with E-state index in [2.05, 4.69) is 14.9 Å². The summed E-state index contributed by atoms with van der Waals surface area (Å²) < 4.78 is 17.1. The molecule has 2 rings (SSSR count). The van der Waals surface area contributed by atoms with Gasteiger partial charge in [0.1, 0.15) is 12.1 Å². The average Bonchev–Trinajstić information content (AvgIpc) is 2.33. The summed E-state index contributed by atoms with van der Waals surface area (Å²) in [5.41, 5.74) is 0. The molecule has 0 saturated carbocycles. The third-order valence-electron chi connectivity index (χ3n) is 2.98. The summed E-state index contributed by atoms with van der Waals surface area (Å²) in [5.74, 6) is 2.12. The van der Waals surface area contributed by atoms with Gasteiger partial charge < -0.3 is 9.64 Å². The van der Waals surface area contributed by atoms with Gasteiger partial charge in [0.05, 0.1) is 11.4 Å². The summed E-state index contributed by atoms with van der Waals surface area (Å²) in [7, 11) is -0.770. The van der Waals surface area contributed by atoms with Crippen LogP contribution in [0.2, 0.25) is 0 Å². The van der Waals surface area contributed by atoms with Crippen LogP contribution in [-0.4, -0.2) is 44.4 Å². The van der Waals surface area contributed by atoms with Gasteiger partial charge >= 0.3 is 0 Å². The molecule has 0 radical (unpaired) electrons. The Morgan fingerprint density at radius 1 is 1.50 bits per heavy atom. The number of hydrogen-bond donors (Lipinski definition) is 0. The molecule has 0 aliphatic carbocycles. The molecule has 1 aromatic heterocycles. The first kappa shape index (κ1) is 13.3. The molecule has 100 valence electrons. The van der Waals surface area contributed by atoms with Crippen LogP contribution in [0.15, 0.2) is 12.4 Å². The Bertz CT molecular complexity index is 451. The van der Waals surface area contributed by atoms with E-state index < -0.39 is 10.8 Å². The lowest BCUT2D eigenvalue weighted by atomic mass is 10.2. The zero-order valence-corrected chi connectivity index (χ0v) is 11.9. The van der Waals surface area contributed by atoms with E-state index >= 15 is 0 Å². The normalized spacial score (nSPS) is 22.8. The molecule has 0 bridgehead atoms. The molecular formula is C12H19N3O2S. The average molecular weight is 269 g/mol. The van der Waals surface area contributed by atoms with Gasteiger partial charge in [0, 0.05) is 35.7 Å². The fourth-order valence-corrected chi connectivity index (χ4v) is 3.24. The van der Waals surface area contributed by atoms with E-state index in [-0.39, 0.29) is 4.75 Å². The molecule has 0 N–H and O–H groups in total. The van der Waals surface area contributed by atoms with Crippen LogP contribution in [0.4, 0.5) is 5.82 Å². The highest BCUT2D eigenvalue weighted by molar-refractivity contribution is 7.86. The van der Waals surface area contributed by atoms with Crippen molar-refractivity contribution in [2.45, 2.75) is 25.5 Å². The first-order chi connectivity index (χ1) is 8.53. The van der Waals surface area contributed by atoms with Crippen molar-refractivity contribution in [3.05, 3.63) is 12.4 Å². The highest BCUT2D eigenvalue weighted by Crippen LogP contribution is 2.25. The quantitative estimate of drug-likeness (QED) is 0.826. The number of rotatable bonds is 3. The van der Waals surface area contributed by atoms with Crippen molar-refractivity contribution in [3.63, 3.8) is 0 Å². The third-order valence-corrected chi connectivity index (χ3v) is 4.89. The van der Waals surface area contributed by atoms with Crippen LogP contribution < -0.4 is 9.64 Å². The van der Waals surface area contributed by atoms with Crippen LogP contribution in [0.1, 0.15) is 20.8 Å². The second-order valence-electron chi connectivity index (χ2n) is 4.88. The van der Waals surface area contributed by atoms with E-state index in [1.807, 2.05) is 26.8 Å². The molecule has 1 saturated heterocycles. The molecular weight excluding hydrogens is 250 g/mol. The molecule has 1 fully saturated rings. The van der Waals surface area contributed by atoms with Crippen molar-refractivity contribution in [1.82, 2.24) is 9.97 Å². The van der Waals surface area contributed by atoms with Gasteiger partial charge in [-0.15, -0.1) is 0 Å². The third kappa shape index (κ3) is 2.80. The van der Waals surface area contributed by atoms with E-state index in [0.717, 1.165) is 18.9 Å². The van der Waals surface area contributed by atoms with Gasteiger partial charge in [0.15, 0.2) is 0 Å². The molecule has 0 amide bonds. The van der Waals surface area contributed by atoms with E-state index in [1.165, 1.54) is 6.33 Å². The fourth-order valence-electron chi connectivity index (χ4n) is 2.01. The second kappa shape index (κ2) is 5.22. The van der Waals surface area contributed by atoms with Gasteiger partial charge in [0.2, 0.25) is 5.88 Å². The molecule has 5 nitrogen and oxygen atoms in total. The fraction of sp³-hybridized carbons (Fsp3) is 0.667. The first-order valence-corrected chi connectivity index (χ1v) is 7.43. The molecule has 1 atom stereocenters. The predicted molar refractivity (Wildman–Crippen MR) is 72.5 cm³/mol. The highest BCUT2D eigenvalue weighted by atomic mass is 32.2. The lowest BCUT2D eigenvalue weighted by Crippen LogP contribution is -2.50. The van der Waals surface area contributed by atoms with Gasteiger partial charge in [-0.25, -0.2) is 9.97 Å². The van der Waals surface area contributed by atoms with Crippen molar-refractivity contribution in [2.24, 2.45) is 0 Å². The summed E-state index contributed by atoms with van der Waals surface area (Å²) in [6, 6.07) is 1.84. The number of ether oxygens (including phenoxy) is 1. The Kier molecular flexibility index (Phi) is 3.85. The largest absolute Gasteiger partial charge is 0.478 e. The maximum absolute atomic E-state index is 11.9. The Morgan fingerprint density at radius 2 is 2.28 bits per heavy atom. The minimum Gasteiger partial charge on any atom is -0.478 e. The van der Waals surface area contributed by atoms with Gasteiger partial charge in [-0.1, -0.05) is 0 Å². The van der Waals surface area contributed by atoms with Crippen molar-refractivity contribution in [1.29, 1.82) is 0 Å². The Morgan fingerprint density at radius 3 is 2.94 bits per heavy atom. The molecule has 0 unspecified atom stereocenters. The highest BCUT2D eigenvalue weighted by Gasteiger charge is 2.33. The molecule has 0 aromatic carbocycles. The van der Waals surface area contributed by atoms with E-state index in [9.17, 15) is 4.21 Å². The predicted octanol–water partition coefficient (Wildman–Crippen LogP) is 1.22. The van der Waals surface area contributed by atoms with Crippen LogP contribution in [0.3, 0.4) is 0 Å². The number of hydrogen-bond acceptors (Lipinski definition) is 5. The van der Waals surface area contributed by atoms with Crippen LogP contribution >= 0.6 is 0 Å². The van der Waals surface area contributed by atoms with Gasteiger partial charge in [0.25, 0.3) is 0 Å². The standard InChI is InChI=1S/C12H19N3O2S/c1-4-17-11-7-10(13-9-14-11)15-5-6-18(16)12(2,3)8-15/h7,9H,4-6,8H2,1-3H3/t18-/m1/s1. The number of anilines is 1. The van der Waals surface area contributed by atoms with Crippen LogP contribution in [0, 0.1) is 0 Å². The second-order valence-corrected chi connectivity index (χ2v) is 7.08. The molecule has 1 aliphatic rings. The maximum atomic E-state index is 11.9. The summed E-state index contributed by atoms with van der Waals surface area (Å²) in [6.07, 6.45) is 1.51. The van der Waals surface area contributed by atoms with Gasteiger partial charge in [-0.2, -0.15) is 0 Å². The summed E-state index contributed by atoms with van der Waals surface area (Å²) >= 11 is 0. The molecule has 1 aromatic rings. The van der Waals surface area contributed by atoms with Crippen LogP contribution in [0.25, 0.3) is 0 Å². The Hall–Kier alpha value is -1.17. The summed E-state index contributed by atoms with van der Waals surface area (Å²) in [4.78, 5) is 10.5. The minimum atomic E-state index is -0.770. The van der Waals surface area contributed by atoms with Crippen LogP contribution in [-0.2, 0) is 10.8 Å². The van der Waals surface area contributed by atoms with E-state index in [0.29, 0.717) is 18.2 Å². The zero-order valence-electron chi connectivity index (χ0n) is 11.0. The van der Waals surface area contributed by atoms with Crippen molar-refractivity contribution < 1.29 is 8.95 Å². The Balaban J connectivity index is 2.17. The maximum Gasteiger partial charge on any atom is 0.218 e. The molecule has 1 aliphatic heterocycles. The van der Waals surface area contributed by atoms with Gasteiger partial charge in [-0.3, -0.25) is 4.21 Å². The lowest BCUT2D eigenvalue weighted by Gasteiger charge is -2.37. The van der Waals surface area contributed by atoms with Gasteiger partial charge in [-0.05, 0) is 20.8 Å². The van der Waals surface area contributed by atoms with Crippen molar-refractivity contribution in [3.8, 4) is 5.88 Å². The SMILES string of the molecule is CCOc1cc(N2CC[S@@](=O)C(C)(C)C2)ncn1. The van der Waals surface area contributed by atoms with E-state index in [4.69, 9.17) is 4.74 Å². The lowest BCUT2D eigenvalue weighted by molar-refractivity contribution is 0.326.